The Balaban J connectivity index is 1.57. The van der Waals surface area contributed by atoms with Crippen molar-refractivity contribution in [3.05, 3.63) is 53.8 Å². The molecule has 1 fully saturated rings. The Morgan fingerprint density at radius 3 is 2.28 bits per heavy atom. The summed E-state index contributed by atoms with van der Waals surface area (Å²) in [7, 11) is 1.34. The van der Waals surface area contributed by atoms with Crippen LogP contribution in [-0.4, -0.2) is 56.8 Å². The zero-order valence-corrected chi connectivity index (χ0v) is 15.8. The SMILES string of the molecule is COc1ccc(C(=O)Nc2ccc(N3CCN(CC(F)(F)F)CC3)cc2)cc1F. The number of piperazine rings is 1. The van der Waals surface area contributed by atoms with Crippen molar-refractivity contribution in [1.82, 2.24) is 4.90 Å². The molecular formula is C20H21F4N3O2. The number of carbonyl (C=O) groups is 1. The van der Waals surface area contributed by atoms with Gasteiger partial charge in [-0.05, 0) is 42.5 Å². The van der Waals surface area contributed by atoms with Crippen molar-refractivity contribution in [2.24, 2.45) is 0 Å². The van der Waals surface area contributed by atoms with Gasteiger partial charge >= 0.3 is 6.18 Å². The average molecular weight is 411 g/mol. The average Bonchev–Trinajstić information content (AvgIpc) is 2.68. The van der Waals surface area contributed by atoms with Crippen LogP contribution in [0.15, 0.2) is 42.5 Å². The second kappa shape index (κ2) is 8.69. The third-order valence-electron chi connectivity index (χ3n) is 4.68. The number of benzene rings is 2. The molecule has 1 heterocycles. The van der Waals surface area contributed by atoms with Gasteiger partial charge in [-0.15, -0.1) is 0 Å². The third-order valence-corrected chi connectivity index (χ3v) is 4.68. The largest absolute Gasteiger partial charge is 0.494 e. The van der Waals surface area contributed by atoms with Gasteiger partial charge in [-0.25, -0.2) is 4.39 Å². The fourth-order valence-corrected chi connectivity index (χ4v) is 3.18. The van der Waals surface area contributed by atoms with Crippen LogP contribution in [0.3, 0.4) is 0 Å². The summed E-state index contributed by atoms with van der Waals surface area (Å²) in [6.07, 6.45) is -4.19. The second-order valence-corrected chi connectivity index (χ2v) is 6.73. The lowest BCUT2D eigenvalue weighted by molar-refractivity contribution is -0.146. The molecule has 9 heteroatoms. The highest BCUT2D eigenvalue weighted by molar-refractivity contribution is 6.04. The number of nitrogens with zero attached hydrogens (tertiary/aromatic N) is 2. The Morgan fingerprint density at radius 1 is 1.07 bits per heavy atom. The summed E-state index contributed by atoms with van der Waals surface area (Å²) in [5.74, 6) is -1.03. The first kappa shape index (κ1) is 20.9. The van der Waals surface area contributed by atoms with Crippen LogP contribution in [-0.2, 0) is 0 Å². The Labute approximate surface area is 165 Å². The van der Waals surface area contributed by atoms with Gasteiger partial charge in [0.25, 0.3) is 5.91 Å². The minimum Gasteiger partial charge on any atom is -0.494 e. The topological polar surface area (TPSA) is 44.8 Å². The van der Waals surface area contributed by atoms with E-state index in [9.17, 15) is 22.4 Å². The molecule has 2 aromatic rings. The molecule has 0 bridgehead atoms. The first-order valence-corrected chi connectivity index (χ1v) is 9.04. The van der Waals surface area contributed by atoms with E-state index in [0.29, 0.717) is 31.9 Å². The molecule has 156 valence electrons. The maximum Gasteiger partial charge on any atom is 0.401 e. The number of halogens is 4. The smallest absolute Gasteiger partial charge is 0.401 e. The summed E-state index contributed by atoms with van der Waals surface area (Å²) in [4.78, 5) is 15.7. The molecule has 1 aliphatic heterocycles. The van der Waals surface area contributed by atoms with E-state index in [-0.39, 0.29) is 11.3 Å². The lowest BCUT2D eigenvalue weighted by Gasteiger charge is -2.36. The molecule has 0 aromatic heterocycles. The molecule has 0 aliphatic carbocycles. The summed E-state index contributed by atoms with van der Waals surface area (Å²) in [6, 6.07) is 10.9. The quantitative estimate of drug-likeness (QED) is 0.761. The highest BCUT2D eigenvalue weighted by Gasteiger charge is 2.32. The fraction of sp³-hybridized carbons (Fsp3) is 0.350. The Kier molecular flexibility index (Phi) is 6.26. The number of hydrogen-bond donors (Lipinski definition) is 1. The third kappa shape index (κ3) is 5.60. The summed E-state index contributed by atoms with van der Waals surface area (Å²) in [5, 5.41) is 2.69. The van der Waals surface area contributed by atoms with E-state index in [1.807, 2.05) is 4.90 Å². The van der Waals surface area contributed by atoms with Gasteiger partial charge in [0.15, 0.2) is 11.6 Å². The molecule has 5 nitrogen and oxygen atoms in total. The Bertz CT molecular complexity index is 848. The number of hydrogen-bond acceptors (Lipinski definition) is 4. The summed E-state index contributed by atoms with van der Waals surface area (Å²) in [5.41, 5.74) is 1.56. The molecule has 1 aliphatic rings. The summed E-state index contributed by atoms with van der Waals surface area (Å²) >= 11 is 0. The van der Waals surface area contributed by atoms with Crippen molar-refractivity contribution in [2.45, 2.75) is 6.18 Å². The number of nitrogens with one attached hydrogen (secondary N) is 1. The zero-order chi connectivity index (χ0) is 21.0. The summed E-state index contributed by atoms with van der Waals surface area (Å²) in [6.45, 7) is 0.764. The molecule has 1 amide bonds. The van der Waals surface area contributed by atoms with Gasteiger partial charge in [0.2, 0.25) is 0 Å². The fourth-order valence-electron chi connectivity index (χ4n) is 3.18. The van der Waals surface area contributed by atoms with E-state index in [4.69, 9.17) is 4.74 Å². The number of ether oxygens (including phenoxy) is 1. The zero-order valence-electron chi connectivity index (χ0n) is 15.8. The minimum absolute atomic E-state index is 0.0567. The van der Waals surface area contributed by atoms with Gasteiger partial charge in [0.1, 0.15) is 0 Å². The van der Waals surface area contributed by atoms with E-state index < -0.39 is 24.4 Å². The van der Waals surface area contributed by atoms with E-state index >= 15 is 0 Å². The van der Waals surface area contributed by atoms with Crippen LogP contribution in [0.2, 0.25) is 0 Å². The molecule has 29 heavy (non-hydrogen) atoms. The van der Waals surface area contributed by atoms with Gasteiger partial charge in [0, 0.05) is 43.1 Å². The molecule has 1 N–H and O–H groups in total. The van der Waals surface area contributed by atoms with Crippen LogP contribution in [0, 0.1) is 5.82 Å². The van der Waals surface area contributed by atoms with Crippen molar-refractivity contribution in [1.29, 1.82) is 0 Å². The first-order chi connectivity index (χ1) is 13.7. The predicted octanol–water partition coefficient (Wildman–Crippen LogP) is 3.77. The first-order valence-electron chi connectivity index (χ1n) is 9.04. The van der Waals surface area contributed by atoms with Gasteiger partial charge in [-0.3, -0.25) is 9.69 Å². The second-order valence-electron chi connectivity index (χ2n) is 6.73. The van der Waals surface area contributed by atoms with Crippen LogP contribution >= 0.6 is 0 Å². The van der Waals surface area contributed by atoms with Crippen molar-refractivity contribution < 1.29 is 27.1 Å². The summed E-state index contributed by atoms with van der Waals surface area (Å²) < 4.78 is 56.0. The maximum absolute atomic E-state index is 13.8. The number of amides is 1. The van der Waals surface area contributed by atoms with Crippen LogP contribution in [0.25, 0.3) is 0 Å². The highest BCUT2D eigenvalue weighted by atomic mass is 19.4. The number of methoxy groups -OCH3 is 1. The predicted molar refractivity (Wildman–Crippen MR) is 102 cm³/mol. The molecule has 0 unspecified atom stereocenters. The van der Waals surface area contributed by atoms with E-state index in [2.05, 4.69) is 5.32 Å². The molecule has 2 aromatic carbocycles. The monoisotopic (exact) mass is 411 g/mol. The molecule has 0 saturated carbocycles. The van der Waals surface area contributed by atoms with Crippen molar-refractivity contribution >= 4 is 17.3 Å². The maximum atomic E-state index is 13.8. The van der Waals surface area contributed by atoms with Crippen LogP contribution in [0.4, 0.5) is 28.9 Å². The molecule has 0 spiro atoms. The van der Waals surface area contributed by atoms with Crippen LogP contribution in [0.1, 0.15) is 10.4 Å². The van der Waals surface area contributed by atoms with E-state index in [1.54, 1.807) is 24.3 Å². The van der Waals surface area contributed by atoms with E-state index in [1.165, 1.54) is 24.1 Å². The van der Waals surface area contributed by atoms with Gasteiger partial charge in [0.05, 0.1) is 13.7 Å². The molecule has 0 radical (unpaired) electrons. The van der Waals surface area contributed by atoms with Crippen molar-refractivity contribution in [2.75, 3.05) is 50.1 Å². The number of anilines is 2. The number of alkyl halides is 3. The Hall–Kier alpha value is -2.81. The van der Waals surface area contributed by atoms with E-state index in [0.717, 1.165) is 11.8 Å². The number of rotatable bonds is 5. The molecule has 1 saturated heterocycles. The molecular weight excluding hydrogens is 390 g/mol. The minimum atomic E-state index is -4.19. The van der Waals surface area contributed by atoms with Crippen LogP contribution in [0.5, 0.6) is 5.75 Å². The van der Waals surface area contributed by atoms with Crippen molar-refractivity contribution in [3.8, 4) is 5.75 Å². The highest BCUT2D eigenvalue weighted by Crippen LogP contribution is 2.23. The normalized spacial score (nSPS) is 15.3. The van der Waals surface area contributed by atoms with Gasteiger partial charge in [-0.2, -0.15) is 13.2 Å². The lowest BCUT2D eigenvalue weighted by Crippen LogP contribution is -2.49. The number of carbonyl (C=O) groups excluding carboxylic acids is 1. The molecule has 0 atom stereocenters. The van der Waals surface area contributed by atoms with Crippen molar-refractivity contribution in [3.63, 3.8) is 0 Å². The molecule has 3 rings (SSSR count). The van der Waals surface area contributed by atoms with Gasteiger partial charge < -0.3 is 15.0 Å². The van der Waals surface area contributed by atoms with Crippen LogP contribution < -0.4 is 15.0 Å². The van der Waals surface area contributed by atoms with Gasteiger partial charge in [-0.1, -0.05) is 0 Å². The lowest BCUT2D eigenvalue weighted by atomic mass is 10.2. The Morgan fingerprint density at radius 2 is 1.72 bits per heavy atom. The standard InChI is InChI=1S/C20H21F4N3O2/c1-29-18-7-2-14(12-17(18)21)19(28)25-15-3-5-16(6-4-15)27-10-8-26(9-11-27)13-20(22,23)24/h2-7,12H,8-11,13H2,1H3,(H,25,28).